The molecule has 0 fully saturated rings. The third-order valence-corrected chi connectivity index (χ3v) is 3.44. The fourth-order valence-corrected chi connectivity index (χ4v) is 1.83. The van der Waals surface area contributed by atoms with Gasteiger partial charge in [-0.1, -0.05) is 95.2 Å². The number of hydrogen-bond acceptors (Lipinski definition) is 3. The highest BCUT2D eigenvalue weighted by Crippen LogP contribution is 2.03. The van der Waals surface area contributed by atoms with Crippen molar-refractivity contribution >= 4 is 11.9 Å². The summed E-state index contributed by atoms with van der Waals surface area (Å²) in [5.74, 6) is -1.33. The Morgan fingerprint density at radius 3 is 1.28 bits per heavy atom. The Kier molecular flexibility index (Phi) is 13.8. The van der Waals surface area contributed by atoms with E-state index in [2.05, 4.69) is 4.74 Å². The van der Waals surface area contributed by atoms with Crippen LogP contribution in [0.25, 0.3) is 0 Å². The largest absolute Gasteiger partial charge is 0.478 e. The van der Waals surface area contributed by atoms with Crippen LogP contribution in [0.15, 0.2) is 107 Å². The summed E-state index contributed by atoms with van der Waals surface area (Å²) in [5, 5.41) is 8.58. The van der Waals surface area contributed by atoms with Crippen molar-refractivity contribution in [2.45, 2.75) is 27.7 Å². The number of carboxylic acid groups (broad SMARTS) is 1. The van der Waals surface area contributed by atoms with E-state index in [-0.39, 0.29) is 5.97 Å². The molecule has 0 amide bonds. The molecule has 0 spiro atoms. The van der Waals surface area contributed by atoms with E-state index in [0.29, 0.717) is 0 Å². The van der Waals surface area contributed by atoms with Crippen LogP contribution in [0.2, 0.25) is 0 Å². The number of esters is 1. The molecule has 0 bridgehead atoms. The Balaban J connectivity index is 4.69. The van der Waals surface area contributed by atoms with Gasteiger partial charge in [0.1, 0.15) is 0 Å². The second kappa shape index (κ2) is 15.6. The Morgan fingerprint density at radius 1 is 0.586 bits per heavy atom. The molecular weight excluding hydrogens is 364 g/mol. The van der Waals surface area contributed by atoms with Gasteiger partial charge in [-0.2, -0.15) is 0 Å². The topological polar surface area (TPSA) is 63.6 Å². The fourth-order valence-electron chi connectivity index (χ4n) is 1.83. The summed E-state index contributed by atoms with van der Waals surface area (Å²) in [7, 11) is 1.35. The molecule has 1 N–H and O–H groups in total. The maximum Gasteiger partial charge on any atom is 0.330 e. The van der Waals surface area contributed by atoms with E-state index in [0.717, 1.165) is 28.4 Å². The molecule has 0 aromatic rings. The Morgan fingerprint density at radius 2 is 0.931 bits per heavy atom. The van der Waals surface area contributed by atoms with Crippen LogP contribution < -0.4 is 0 Å². The standard InChI is InChI=1S/C25H30O4/c1-20(12-7-13-22(3)16-9-17-25(28)29-5)10-6-11-21(2)14-8-15-23(4)18-19-24(26)27/h6-19H,1-5H3,(H,26,27)/b10-6-,13-7+,14-8-,17-9-,19-18-,20-12-,21-11+,22-16-,23-15+. The number of hydrogen-bond donors (Lipinski definition) is 1. The molecule has 0 heterocycles. The minimum absolute atomic E-state index is 0.377. The van der Waals surface area contributed by atoms with Crippen LogP contribution in [0.4, 0.5) is 0 Å². The quantitative estimate of drug-likeness (QED) is 0.288. The average molecular weight is 395 g/mol. The lowest BCUT2D eigenvalue weighted by Crippen LogP contribution is -1.92. The average Bonchev–Trinajstić information content (AvgIpc) is 2.66. The highest BCUT2D eigenvalue weighted by atomic mass is 16.5. The minimum atomic E-state index is -0.956. The van der Waals surface area contributed by atoms with Crippen molar-refractivity contribution in [3.05, 3.63) is 107 Å². The number of methoxy groups -OCH3 is 1. The van der Waals surface area contributed by atoms with Crippen molar-refractivity contribution < 1.29 is 19.4 Å². The summed E-state index contributed by atoms with van der Waals surface area (Å²) >= 11 is 0. The Labute approximate surface area is 174 Å². The lowest BCUT2D eigenvalue weighted by atomic mass is 10.2. The predicted octanol–water partition coefficient (Wildman–Crippen LogP) is 5.81. The molecule has 0 aromatic heterocycles. The number of carboxylic acids is 1. The smallest absolute Gasteiger partial charge is 0.330 e. The first-order chi connectivity index (χ1) is 13.7. The summed E-state index contributed by atoms with van der Waals surface area (Å²) in [5.41, 5.74) is 4.05. The molecule has 4 heteroatoms. The molecule has 0 atom stereocenters. The highest BCUT2D eigenvalue weighted by molar-refractivity contribution is 5.82. The molecule has 0 unspecified atom stereocenters. The third kappa shape index (κ3) is 16.5. The summed E-state index contributed by atoms with van der Waals surface area (Å²) in [6.07, 6.45) is 25.1. The first-order valence-electron chi connectivity index (χ1n) is 9.13. The van der Waals surface area contributed by atoms with Crippen LogP contribution >= 0.6 is 0 Å². The third-order valence-electron chi connectivity index (χ3n) is 3.44. The van der Waals surface area contributed by atoms with Gasteiger partial charge in [-0.05, 0) is 27.7 Å². The summed E-state index contributed by atoms with van der Waals surface area (Å²) < 4.78 is 4.52. The van der Waals surface area contributed by atoms with Gasteiger partial charge in [0.15, 0.2) is 0 Å². The number of ether oxygens (including phenoxy) is 1. The molecule has 154 valence electrons. The van der Waals surface area contributed by atoms with Gasteiger partial charge < -0.3 is 9.84 Å². The van der Waals surface area contributed by atoms with Gasteiger partial charge in [0.05, 0.1) is 7.11 Å². The van der Waals surface area contributed by atoms with Gasteiger partial charge in [0.2, 0.25) is 0 Å². The normalized spacial score (nSPS) is 14.9. The van der Waals surface area contributed by atoms with E-state index in [1.807, 2.05) is 88.5 Å². The van der Waals surface area contributed by atoms with Gasteiger partial charge in [-0.25, -0.2) is 9.59 Å². The predicted molar refractivity (Wildman–Crippen MR) is 120 cm³/mol. The van der Waals surface area contributed by atoms with Gasteiger partial charge in [-0.3, -0.25) is 0 Å². The van der Waals surface area contributed by atoms with E-state index >= 15 is 0 Å². The monoisotopic (exact) mass is 394 g/mol. The zero-order valence-corrected chi connectivity index (χ0v) is 17.8. The molecule has 0 aliphatic heterocycles. The van der Waals surface area contributed by atoms with Crippen LogP contribution in [0.5, 0.6) is 0 Å². The lowest BCUT2D eigenvalue weighted by molar-refractivity contribution is -0.135. The summed E-state index contributed by atoms with van der Waals surface area (Å²) in [6.45, 7) is 7.79. The zero-order chi connectivity index (χ0) is 22.1. The molecule has 0 aliphatic rings. The van der Waals surface area contributed by atoms with Crippen LogP contribution in [0, 0.1) is 0 Å². The molecular formula is C25H30O4. The second-order valence-corrected chi connectivity index (χ2v) is 6.27. The SMILES string of the molecule is COC(=O)\C=C/C=C(C)\C=C\C=C(C)/C=C\C=C(C)\C=C/C=C(C)/C=C\C(=O)O. The zero-order valence-electron chi connectivity index (χ0n) is 17.8. The molecule has 0 radical (unpaired) electrons. The maximum atomic E-state index is 11.0. The van der Waals surface area contributed by atoms with E-state index in [1.54, 1.807) is 12.2 Å². The molecule has 29 heavy (non-hydrogen) atoms. The first-order valence-corrected chi connectivity index (χ1v) is 9.13. The van der Waals surface area contributed by atoms with E-state index in [9.17, 15) is 9.59 Å². The van der Waals surface area contributed by atoms with Crippen LogP contribution in [-0.2, 0) is 14.3 Å². The van der Waals surface area contributed by atoms with Crippen molar-refractivity contribution in [3.8, 4) is 0 Å². The lowest BCUT2D eigenvalue weighted by Gasteiger charge is -1.91. The Hall–Kier alpha value is -3.40. The second-order valence-electron chi connectivity index (χ2n) is 6.27. The molecule has 0 aliphatic carbocycles. The summed E-state index contributed by atoms with van der Waals surface area (Å²) in [6, 6.07) is 0. The maximum absolute atomic E-state index is 11.0. The number of carbonyl (C=O) groups is 2. The van der Waals surface area contributed by atoms with Gasteiger partial charge >= 0.3 is 11.9 Å². The van der Waals surface area contributed by atoms with E-state index in [1.165, 1.54) is 13.2 Å². The first kappa shape index (κ1) is 25.6. The van der Waals surface area contributed by atoms with Crippen molar-refractivity contribution in [2.75, 3.05) is 7.11 Å². The molecule has 0 rings (SSSR count). The number of rotatable bonds is 10. The number of carbonyl (C=O) groups excluding carboxylic acids is 1. The van der Waals surface area contributed by atoms with Crippen LogP contribution in [-0.4, -0.2) is 24.2 Å². The van der Waals surface area contributed by atoms with Crippen LogP contribution in [0.1, 0.15) is 27.7 Å². The van der Waals surface area contributed by atoms with Crippen molar-refractivity contribution in [3.63, 3.8) is 0 Å². The van der Waals surface area contributed by atoms with Crippen molar-refractivity contribution in [2.24, 2.45) is 0 Å². The van der Waals surface area contributed by atoms with E-state index < -0.39 is 5.97 Å². The van der Waals surface area contributed by atoms with Gasteiger partial charge in [-0.15, -0.1) is 0 Å². The number of allylic oxidation sites excluding steroid dienone is 16. The molecule has 0 saturated heterocycles. The van der Waals surface area contributed by atoms with Gasteiger partial charge in [0, 0.05) is 12.2 Å². The van der Waals surface area contributed by atoms with Gasteiger partial charge in [0.25, 0.3) is 0 Å². The molecule has 4 nitrogen and oxygen atoms in total. The minimum Gasteiger partial charge on any atom is -0.478 e. The van der Waals surface area contributed by atoms with Crippen molar-refractivity contribution in [1.29, 1.82) is 0 Å². The molecule has 0 aromatic carbocycles. The molecule has 0 saturated carbocycles. The van der Waals surface area contributed by atoms with Crippen molar-refractivity contribution in [1.82, 2.24) is 0 Å². The van der Waals surface area contributed by atoms with E-state index in [4.69, 9.17) is 5.11 Å². The number of aliphatic carboxylic acids is 1. The summed E-state index contributed by atoms with van der Waals surface area (Å²) in [4.78, 5) is 21.4. The Bertz CT molecular complexity index is 823. The fraction of sp³-hybridized carbons (Fsp3) is 0.200. The van der Waals surface area contributed by atoms with Crippen LogP contribution in [0.3, 0.4) is 0 Å². The highest BCUT2D eigenvalue weighted by Gasteiger charge is 1.88.